The van der Waals surface area contributed by atoms with Gasteiger partial charge in [-0.2, -0.15) is 0 Å². The van der Waals surface area contributed by atoms with Crippen LogP contribution in [0.4, 0.5) is 0 Å². The van der Waals surface area contributed by atoms with Crippen molar-refractivity contribution in [2.75, 3.05) is 13.2 Å². The Labute approximate surface area is 572 Å². The van der Waals surface area contributed by atoms with E-state index in [0.29, 0.717) is 12.8 Å². The highest BCUT2D eigenvalue weighted by Crippen LogP contribution is 2.19. The summed E-state index contributed by atoms with van der Waals surface area (Å²) < 4.78 is 10.8. The van der Waals surface area contributed by atoms with Crippen molar-refractivity contribution in [3.63, 3.8) is 0 Å². The molecule has 0 aliphatic rings. The van der Waals surface area contributed by atoms with Gasteiger partial charge in [0.1, 0.15) is 6.61 Å². The molecular weight excluding hydrogens is 1120 g/mol. The van der Waals surface area contributed by atoms with E-state index < -0.39 is 6.10 Å². The quantitative estimate of drug-likeness (QED) is 0.0373. The van der Waals surface area contributed by atoms with Crippen LogP contribution in [0, 0.1) is 0 Å². The molecule has 5 nitrogen and oxygen atoms in total. The first kappa shape index (κ1) is 88.0. The third kappa shape index (κ3) is 78.5. The maximum absolute atomic E-state index is 12.4. The molecule has 0 bridgehead atoms. The predicted molar refractivity (Wildman–Crippen MR) is 408 cm³/mol. The number of aliphatic hydroxyl groups excluding tert-OH is 1. The number of hydrogen-bond donors (Lipinski definition) is 1. The topological polar surface area (TPSA) is 72.8 Å². The average Bonchev–Trinajstić information content (AvgIpc) is 3.75. The van der Waals surface area contributed by atoms with Crippen LogP contribution in [0.25, 0.3) is 0 Å². The second-order valence-corrected chi connectivity index (χ2v) is 26.4. The molecule has 528 valence electrons. The minimum atomic E-state index is -0.776. The second-order valence-electron chi connectivity index (χ2n) is 26.4. The van der Waals surface area contributed by atoms with Crippen LogP contribution in [-0.2, 0) is 19.1 Å². The molecule has 1 N–H and O–H groups in total. The smallest absolute Gasteiger partial charge is 0.306 e. The first-order valence-corrected chi connectivity index (χ1v) is 39.7. The van der Waals surface area contributed by atoms with Gasteiger partial charge in [-0.05, 0) is 109 Å². The number of carbonyl (C=O) groups excluding carboxylic acids is 2. The lowest BCUT2D eigenvalue weighted by Gasteiger charge is -2.15. The maximum atomic E-state index is 12.4. The number of unbranched alkanes of at least 4 members (excludes halogenated alkanes) is 43. The molecule has 0 aromatic heterocycles. The van der Waals surface area contributed by atoms with Crippen molar-refractivity contribution in [1.29, 1.82) is 0 Å². The highest BCUT2D eigenvalue weighted by molar-refractivity contribution is 5.70. The van der Waals surface area contributed by atoms with Gasteiger partial charge in [-0.3, -0.25) is 9.59 Å². The van der Waals surface area contributed by atoms with Gasteiger partial charge in [0.2, 0.25) is 0 Å². The van der Waals surface area contributed by atoms with Crippen molar-refractivity contribution < 1.29 is 24.2 Å². The second kappa shape index (κ2) is 81.3. The van der Waals surface area contributed by atoms with E-state index in [0.717, 1.165) is 109 Å². The van der Waals surface area contributed by atoms with E-state index in [1.54, 1.807) is 0 Å². The Kier molecular flexibility index (Phi) is 77.8. The molecule has 92 heavy (non-hydrogen) atoms. The molecule has 0 saturated carbocycles. The van der Waals surface area contributed by atoms with Gasteiger partial charge in [-0.25, -0.2) is 0 Å². The Morgan fingerprint density at radius 3 is 0.652 bits per heavy atom. The molecule has 0 aromatic carbocycles. The summed E-state index contributed by atoms with van der Waals surface area (Å²) in [6, 6.07) is 0. The Morgan fingerprint density at radius 2 is 0.435 bits per heavy atom. The fourth-order valence-corrected chi connectivity index (χ4v) is 11.6. The lowest BCUT2D eigenvalue weighted by molar-refractivity contribution is -0.161. The molecule has 0 aliphatic heterocycles. The SMILES string of the molecule is CC/C=C\C/C=C\C/C=C\C/C=C\C/C=C\C/C=C\CCCCCCCCCCCCCCCCCCCCCCC(=O)OC(CO)COC(=O)CCCCCCCCCCCCCCCCCCCCCCCCC/C=C\C/C=C\C/C=C\C/C=C\C/C=C\CC. The molecule has 0 aliphatic carbocycles. The van der Waals surface area contributed by atoms with Crippen molar-refractivity contribution >= 4 is 11.9 Å². The highest BCUT2D eigenvalue weighted by Gasteiger charge is 2.16. The molecule has 0 aromatic rings. The van der Waals surface area contributed by atoms with Crippen molar-refractivity contribution in [3.8, 4) is 0 Å². The Bertz CT molecular complexity index is 1840. The summed E-state index contributed by atoms with van der Waals surface area (Å²) in [5.41, 5.74) is 0. The first-order valence-electron chi connectivity index (χ1n) is 39.7. The van der Waals surface area contributed by atoms with Crippen LogP contribution in [-0.4, -0.2) is 36.4 Å². The largest absolute Gasteiger partial charge is 0.462 e. The van der Waals surface area contributed by atoms with E-state index in [4.69, 9.17) is 9.47 Å². The minimum absolute atomic E-state index is 0.0644. The molecule has 0 spiro atoms. The molecule has 1 unspecified atom stereocenters. The summed E-state index contributed by atoms with van der Waals surface area (Å²) in [5.74, 6) is -0.573. The molecule has 0 amide bonds. The molecule has 0 fully saturated rings. The van der Waals surface area contributed by atoms with E-state index in [-0.39, 0.29) is 25.2 Å². The van der Waals surface area contributed by atoms with Gasteiger partial charge in [-0.15, -0.1) is 0 Å². The molecule has 0 saturated heterocycles. The molecule has 0 radical (unpaired) electrons. The summed E-state index contributed by atoms with van der Waals surface area (Å²) in [6.07, 6.45) is 121. The van der Waals surface area contributed by atoms with Gasteiger partial charge >= 0.3 is 11.9 Å². The first-order chi connectivity index (χ1) is 45.6. The molecular formula is C87H150O5. The van der Waals surface area contributed by atoms with Gasteiger partial charge < -0.3 is 14.6 Å². The Morgan fingerprint density at radius 1 is 0.250 bits per heavy atom. The van der Waals surface area contributed by atoms with Crippen molar-refractivity contribution in [2.45, 2.75) is 392 Å². The molecule has 0 rings (SSSR count). The van der Waals surface area contributed by atoms with Gasteiger partial charge in [0.05, 0.1) is 6.61 Å². The van der Waals surface area contributed by atoms with Crippen molar-refractivity contribution in [3.05, 3.63) is 134 Å². The van der Waals surface area contributed by atoms with Crippen molar-refractivity contribution in [2.24, 2.45) is 0 Å². The zero-order valence-electron chi connectivity index (χ0n) is 60.8. The van der Waals surface area contributed by atoms with Gasteiger partial charge in [0.15, 0.2) is 6.10 Å². The van der Waals surface area contributed by atoms with Crippen LogP contribution in [0.3, 0.4) is 0 Å². The molecule has 1 atom stereocenters. The number of rotatable bonds is 73. The predicted octanol–water partition coefficient (Wildman–Crippen LogP) is 28.2. The summed E-state index contributed by atoms with van der Waals surface area (Å²) in [4.78, 5) is 24.7. The maximum Gasteiger partial charge on any atom is 0.306 e. The van der Waals surface area contributed by atoms with Crippen LogP contribution in [0.5, 0.6) is 0 Å². The van der Waals surface area contributed by atoms with Crippen LogP contribution in [0.15, 0.2) is 134 Å². The normalized spacial score (nSPS) is 12.9. The summed E-state index contributed by atoms with van der Waals surface area (Å²) in [5, 5.41) is 9.73. The summed E-state index contributed by atoms with van der Waals surface area (Å²) in [6.45, 7) is 3.95. The minimum Gasteiger partial charge on any atom is -0.462 e. The average molecular weight is 1280 g/mol. The summed E-state index contributed by atoms with van der Waals surface area (Å²) >= 11 is 0. The fraction of sp³-hybridized carbons (Fsp3) is 0.724. The number of carbonyl (C=O) groups is 2. The third-order valence-electron chi connectivity index (χ3n) is 17.4. The number of hydrogen-bond acceptors (Lipinski definition) is 5. The lowest BCUT2D eigenvalue weighted by Crippen LogP contribution is -2.28. The third-order valence-corrected chi connectivity index (χ3v) is 17.4. The van der Waals surface area contributed by atoms with Crippen LogP contribution < -0.4 is 0 Å². The summed E-state index contributed by atoms with van der Waals surface area (Å²) in [7, 11) is 0. The lowest BCUT2D eigenvalue weighted by atomic mass is 10.0. The van der Waals surface area contributed by atoms with Gasteiger partial charge in [-0.1, -0.05) is 398 Å². The van der Waals surface area contributed by atoms with Gasteiger partial charge in [0.25, 0.3) is 0 Å². The van der Waals surface area contributed by atoms with Crippen LogP contribution in [0.2, 0.25) is 0 Å². The Hall–Kier alpha value is -3.96. The highest BCUT2D eigenvalue weighted by atomic mass is 16.6. The van der Waals surface area contributed by atoms with E-state index in [2.05, 4.69) is 148 Å². The standard InChI is InChI=1S/C87H150O5/c1-3-5-7-9-11-13-15-17-19-21-23-25-27-29-31-33-35-37-39-41-43-45-47-49-51-53-55-57-59-61-63-65-67-69-71-73-75-77-79-81-86(89)91-84-85(83-88)92-87(90)82-80-78-76-74-72-70-68-66-64-62-60-58-56-54-52-50-48-46-44-42-40-38-36-34-32-30-28-26-24-22-20-18-16-14-12-10-8-6-4-2/h5-8,11-14,17-20,23-26,29-32,36,38,85,88H,3-4,9-10,15-16,21-22,27-28,33-35,37,39-84H2,1-2H3/b7-5-,8-6-,13-11-,14-12-,19-17-,20-18-,25-23-,26-24-,31-29-,32-30-,38-36-. The van der Waals surface area contributed by atoms with Gasteiger partial charge in [0, 0.05) is 12.8 Å². The van der Waals surface area contributed by atoms with Crippen molar-refractivity contribution in [1.82, 2.24) is 0 Å². The number of ether oxygens (including phenoxy) is 2. The van der Waals surface area contributed by atoms with E-state index >= 15 is 0 Å². The zero-order chi connectivity index (χ0) is 66.1. The molecule has 0 heterocycles. The Balaban J connectivity index is 3.42. The van der Waals surface area contributed by atoms with Crippen LogP contribution >= 0.6 is 0 Å². The number of aliphatic hydroxyl groups is 1. The van der Waals surface area contributed by atoms with E-state index in [1.165, 1.54) is 250 Å². The molecule has 5 heteroatoms. The number of esters is 2. The van der Waals surface area contributed by atoms with E-state index in [1.807, 2.05) is 0 Å². The number of allylic oxidation sites excluding steroid dienone is 22. The van der Waals surface area contributed by atoms with Crippen LogP contribution in [0.1, 0.15) is 386 Å². The zero-order valence-corrected chi connectivity index (χ0v) is 60.8. The fourth-order valence-electron chi connectivity index (χ4n) is 11.6. The monoisotopic (exact) mass is 1280 g/mol. The van der Waals surface area contributed by atoms with E-state index in [9.17, 15) is 14.7 Å².